The molecule has 1 N–H and O–H groups in total. The largest absolute Gasteiger partial charge is 0.311 e. The molecule has 0 aliphatic carbocycles. The lowest BCUT2D eigenvalue weighted by Crippen LogP contribution is -2.24. The predicted molar refractivity (Wildman–Crippen MR) is 63.5 cm³/mol. The van der Waals surface area contributed by atoms with Gasteiger partial charge >= 0.3 is 0 Å². The van der Waals surface area contributed by atoms with Gasteiger partial charge in [-0.2, -0.15) is 0 Å². The minimum absolute atomic E-state index is 0.542. The van der Waals surface area contributed by atoms with Gasteiger partial charge in [0.25, 0.3) is 0 Å². The number of hydrogen-bond donors (Lipinski definition) is 1. The van der Waals surface area contributed by atoms with E-state index in [9.17, 15) is 0 Å². The fraction of sp³-hybridized carbons (Fsp3) is 0.545. The Morgan fingerprint density at radius 2 is 2.43 bits per heavy atom. The molecule has 1 rings (SSSR count). The highest BCUT2D eigenvalue weighted by atomic mass is 32.1. The van der Waals surface area contributed by atoms with Crippen LogP contribution in [0.4, 0.5) is 0 Å². The Bertz CT molecular complexity index is 275. The highest BCUT2D eigenvalue weighted by Crippen LogP contribution is 2.09. The average Bonchev–Trinajstić information content (AvgIpc) is 2.64. The van der Waals surface area contributed by atoms with E-state index in [1.165, 1.54) is 5.57 Å². The third-order valence-electron chi connectivity index (χ3n) is 1.99. The molecule has 0 radical (unpaired) electrons. The van der Waals surface area contributed by atoms with Crippen molar-refractivity contribution in [3.8, 4) is 0 Å². The Labute approximate surface area is 90.1 Å². The summed E-state index contributed by atoms with van der Waals surface area (Å²) in [6.07, 6.45) is 3.25. The van der Waals surface area contributed by atoms with Crippen LogP contribution in [0, 0.1) is 0 Å². The van der Waals surface area contributed by atoms with Gasteiger partial charge in [-0.1, -0.05) is 26.3 Å². The molecule has 0 saturated carbocycles. The number of aromatic nitrogens is 1. The van der Waals surface area contributed by atoms with Gasteiger partial charge in [0.15, 0.2) is 0 Å². The van der Waals surface area contributed by atoms with E-state index in [2.05, 4.69) is 42.5 Å². The van der Waals surface area contributed by atoms with E-state index >= 15 is 0 Å². The first-order valence-corrected chi connectivity index (χ1v) is 5.97. The second-order valence-electron chi connectivity index (χ2n) is 3.61. The first kappa shape index (κ1) is 11.4. The summed E-state index contributed by atoms with van der Waals surface area (Å²) in [5, 5.41) is 5.49. The molecule has 0 atom stereocenters. The monoisotopic (exact) mass is 210 g/mol. The Morgan fingerprint density at radius 3 is 2.93 bits per heavy atom. The van der Waals surface area contributed by atoms with Gasteiger partial charge in [0, 0.05) is 18.0 Å². The first-order valence-electron chi connectivity index (χ1n) is 5.03. The van der Waals surface area contributed by atoms with Crippen LogP contribution in [0.2, 0.25) is 0 Å². The van der Waals surface area contributed by atoms with E-state index in [4.69, 9.17) is 0 Å². The van der Waals surface area contributed by atoms with Crippen molar-refractivity contribution in [1.82, 2.24) is 10.3 Å². The van der Waals surface area contributed by atoms with Crippen molar-refractivity contribution in [2.45, 2.75) is 33.2 Å². The van der Waals surface area contributed by atoms with Gasteiger partial charge in [-0.15, -0.1) is 11.3 Å². The number of rotatable bonds is 5. The number of nitrogens with one attached hydrogen (secondary N) is 1. The standard InChI is InChI=1S/C11H18N2S/c1-4-10(6-12-9(2)3)5-11-7-14-8-13-11/h5,7-9,12H,4,6H2,1-3H3. The zero-order valence-corrected chi connectivity index (χ0v) is 9.90. The molecule has 0 aromatic carbocycles. The number of nitrogens with zero attached hydrogens (tertiary/aromatic N) is 1. The molecule has 14 heavy (non-hydrogen) atoms. The van der Waals surface area contributed by atoms with Gasteiger partial charge in [0.2, 0.25) is 0 Å². The van der Waals surface area contributed by atoms with Gasteiger partial charge in [-0.25, -0.2) is 4.98 Å². The van der Waals surface area contributed by atoms with Crippen LogP contribution in [-0.4, -0.2) is 17.6 Å². The molecule has 0 spiro atoms. The molecular formula is C11H18N2S. The lowest BCUT2D eigenvalue weighted by molar-refractivity contribution is 0.617. The third-order valence-corrected chi connectivity index (χ3v) is 2.60. The van der Waals surface area contributed by atoms with Crippen molar-refractivity contribution in [1.29, 1.82) is 0 Å². The first-order chi connectivity index (χ1) is 6.72. The van der Waals surface area contributed by atoms with Gasteiger partial charge in [0.1, 0.15) is 0 Å². The molecular weight excluding hydrogens is 192 g/mol. The van der Waals surface area contributed by atoms with Gasteiger partial charge < -0.3 is 5.32 Å². The quantitative estimate of drug-likeness (QED) is 0.808. The van der Waals surface area contributed by atoms with Crippen molar-refractivity contribution in [3.05, 3.63) is 22.2 Å². The SMILES string of the molecule is CCC(=Cc1cscn1)CNC(C)C. The van der Waals surface area contributed by atoms with E-state index < -0.39 is 0 Å². The summed E-state index contributed by atoms with van der Waals surface area (Å²) >= 11 is 1.64. The van der Waals surface area contributed by atoms with Crippen LogP contribution in [0.25, 0.3) is 6.08 Å². The maximum atomic E-state index is 4.25. The number of thiazole rings is 1. The van der Waals surface area contributed by atoms with Crippen LogP contribution in [0.1, 0.15) is 32.9 Å². The van der Waals surface area contributed by atoms with Crippen molar-refractivity contribution < 1.29 is 0 Å². The van der Waals surface area contributed by atoms with E-state index in [-0.39, 0.29) is 0 Å². The molecule has 1 heterocycles. The summed E-state index contributed by atoms with van der Waals surface area (Å²) in [5.74, 6) is 0. The molecule has 0 amide bonds. The Morgan fingerprint density at radius 1 is 1.64 bits per heavy atom. The normalized spacial score (nSPS) is 12.4. The summed E-state index contributed by atoms with van der Waals surface area (Å²) in [4.78, 5) is 4.25. The van der Waals surface area contributed by atoms with Crippen molar-refractivity contribution in [2.75, 3.05) is 6.54 Å². The fourth-order valence-electron chi connectivity index (χ4n) is 1.12. The lowest BCUT2D eigenvalue weighted by Gasteiger charge is -2.09. The summed E-state index contributed by atoms with van der Waals surface area (Å²) in [7, 11) is 0. The predicted octanol–water partition coefficient (Wildman–Crippen LogP) is 2.93. The zero-order chi connectivity index (χ0) is 10.4. The van der Waals surface area contributed by atoms with Crippen LogP contribution in [0.3, 0.4) is 0 Å². The molecule has 0 bridgehead atoms. The fourth-order valence-corrected chi connectivity index (χ4v) is 1.63. The third kappa shape index (κ3) is 4.03. The Hall–Kier alpha value is -0.670. The maximum Gasteiger partial charge on any atom is 0.0798 e. The molecule has 0 fully saturated rings. The van der Waals surface area contributed by atoms with Gasteiger partial charge in [-0.05, 0) is 12.5 Å². The maximum absolute atomic E-state index is 4.25. The summed E-state index contributed by atoms with van der Waals surface area (Å²) in [5.41, 5.74) is 4.36. The van der Waals surface area contributed by atoms with Crippen LogP contribution in [0.15, 0.2) is 16.5 Å². The molecule has 2 nitrogen and oxygen atoms in total. The number of hydrogen-bond acceptors (Lipinski definition) is 3. The smallest absolute Gasteiger partial charge is 0.0798 e. The van der Waals surface area contributed by atoms with Crippen LogP contribution >= 0.6 is 11.3 Å². The molecule has 0 aliphatic rings. The van der Waals surface area contributed by atoms with E-state index in [0.29, 0.717) is 6.04 Å². The lowest BCUT2D eigenvalue weighted by atomic mass is 10.1. The van der Waals surface area contributed by atoms with E-state index in [1.54, 1.807) is 11.3 Å². The Balaban J connectivity index is 2.53. The van der Waals surface area contributed by atoms with Gasteiger partial charge in [0.05, 0.1) is 11.2 Å². The summed E-state index contributed by atoms with van der Waals surface area (Å²) in [6.45, 7) is 7.47. The van der Waals surface area contributed by atoms with Crippen molar-refractivity contribution in [3.63, 3.8) is 0 Å². The average molecular weight is 210 g/mol. The second-order valence-corrected chi connectivity index (χ2v) is 4.32. The van der Waals surface area contributed by atoms with Crippen LogP contribution in [-0.2, 0) is 0 Å². The molecule has 0 aliphatic heterocycles. The van der Waals surface area contributed by atoms with Crippen molar-refractivity contribution in [2.24, 2.45) is 0 Å². The molecule has 1 aromatic heterocycles. The molecule has 3 heteroatoms. The zero-order valence-electron chi connectivity index (χ0n) is 9.08. The second kappa shape index (κ2) is 5.94. The molecule has 0 unspecified atom stereocenters. The molecule has 1 aromatic rings. The Kier molecular flexibility index (Phi) is 4.84. The molecule has 78 valence electrons. The molecule has 0 saturated heterocycles. The van der Waals surface area contributed by atoms with Crippen LogP contribution in [0.5, 0.6) is 0 Å². The van der Waals surface area contributed by atoms with E-state index in [1.807, 2.05) is 5.51 Å². The highest BCUT2D eigenvalue weighted by Gasteiger charge is 1.98. The topological polar surface area (TPSA) is 24.9 Å². The van der Waals surface area contributed by atoms with E-state index in [0.717, 1.165) is 18.7 Å². The highest BCUT2D eigenvalue weighted by molar-refractivity contribution is 7.07. The summed E-state index contributed by atoms with van der Waals surface area (Å²) < 4.78 is 0. The minimum atomic E-state index is 0.542. The van der Waals surface area contributed by atoms with Crippen molar-refractivity contribution >= 4 is 17.4 Å². The summed E-state index contributed by atoms with van der Waals surface area (Å²) in [6, 6.07) is 0.542. The minimum Gasteiger partial charge on any atom is -0.311 e. The van der Waals surface area contributed by atoms with Gasteiger partial charge in [-0.3, -0.25) is 0 Å². The van der Waals surface area contributed by atoms with Crippen LogP contribution < -0.4 is 5.32 Å².